The molecule has 0 aromatic rings. The summed E-state index contributed by atoms with van der Waals surface area (Å²) in [6.07, 6.45) is 85.6. The zero-order chi connectivity index (χ0) is 61.2. The fourth-order valence-corrected chi connectivity index (χ4v) is 10.0. The first-order valence-electron chi connectivity index (χ1n) is 35.3. The summed E-state index contributed by atoms with van der Waals surface area (Å²) < 4.78 is 23.0. The molecule has 0 bridgehead atoms. The van der Waals surface area contributed by atoms with Gasteiger partial charge in [-0.3, -0.25) is 9.59 Å². The molecule has 0 aromatic heterocycles. The van der Waals surface area contributed by atoms with Crippen LogP contribution in [0.5, 0.6) is 0 Å². The maximum Gasteiger partial charge on any atom is 0.361 e. The van der Waals surface area contributed by atoms with Crippen LogP contribution in [-0.2, 0) is 33.3 Å². The molecule has 1 N–H and O–H groups in total. The van der Waals surface area contributed by atoms with Gasteiger partial charge in [-0.2, -0.15) is 0 Å². The first-order chi connectivity index (χ1) is 41.1. The minimum absolute atomic E-state index is 0.182. The lowest BCUT2D eigenvalue weighted by Gasteiger charge is -2.25. The largest absolute Gasteiger partial charge is 0.477 e. The molecule has 2 atom stereocenters. The van der Waals surface area contributed by atoms with Crippen molar-refractivity contribution in [3.05, 3.63) is 85.1 Å². The lowest BCUT2D eigenvalue weighted by atomic mass is 10.0. The van der Waals surface area contributed by atoms with Gasteiger partial charge in [0.2, 0.25) is 0 Å². The predicted molar refractivity (Wildman–Crippen MR) is 359 cm³/mol. The standard InChI is InChI=1S/C75H133NO8/c1-6-8-10-12-14-16-18-20-22-24-26-27-28-29-30-31-32-33-34-35-36-37-38-39-40-41-42-43-44-45-46-47-48-50-52-54-56-58-60-62-64-66-73(78)84-71(70-83-75(74(79)80)81-68-67-76(3,4)5)69-82-72(77)65-63-61-59-57-55-53-51-49-25-23-21-19-17-15-13-11-9-7-2/h8,10,14,16,20,22-23,25-27,29-30,32-33,71,75H,6-7,9,11-13,15,17-19,21,24,28,31,34-70H2,1-5H3/p+1/b10-8-,16-14-,22-20-,25-23-,27-26-,30-29-,33-32-. The highest BCUT2D eigenvalue weighted by atomic mass is 16.7. The van der Waals surface area contributed by atoms with Crippen molar-refractivity contribution < 1.29 is 42.9 Å². The molecule has 486 valence electrons. The van der Waals surface area contributed by atoms with Gasteiger partial charge in [-0.05, 0) is 89.9 Å². The number of esters is 2. The number of carbonyl (C=O) groups is 3. The van der Waals surface area contributed by atoms with E-state index in [2.05, 4.69) is 98.9 Å². The highest BCUT2D eigenvalue weighted by Gasteiger charge is 2.25. The average Bonchev–Trinajstić information content (AvgIpc) is 3.52. The van der Waals surface area contributed by atoms with Gasteiger partial charge in [-0.25, -0.2) is 4.79 Å². The zero-order valence-corrected chi connectivity index (χ0v) is 55.6. The van der Waals surface area contributed by atoms with Gasteiger partial charge < -0.3 is 28.5 Å². The number of hydrogen-bond donors (Lipinski definition) is 1. The van der Waals surface area contributed by atoms with Crippen molar-refractivity contribution >= 4 is 17.9 Å². The Morgan fingerprint density at radius 2 is 0.679 bits per heavy atom. The van der Waals surface area contributed by atoms with Gasteiger partial charge in [-0.1, -0.05) is 298 Å². The summed E-state index contributed by atoms with van der Waals surface area (Å²) in [5, 5.41) is 9.73. The van der Waals surface area contributed by atoms with Crippen LogP contribution in [0.1, 0.15) is 316 Å². The molecule has 0 aliphatic carbocycles. The maximum absolute atomic E-state index is 12.9. The molecule has 0 saturated carbocycles. The summed E-state index contributed by atoms with van der Waals surface area (Å²) in [5.41, 5.74) is 0. The smallest absolute Gasteiger partial charge is 0.361 e. The molecular formula is C75H134NO8+. The molecule has 0 radical (unpaired) electrons. The van der Waals surface area contributed by atoms with E-state index in [-0.39, 0.29) is 32.2 Å². The lowest BCUT2D eigenvalue weighted by molar-refractivity contribution is -0.870. The van der Waals surface area contributed by atoms with Crippen LogP contribution in [0.25, 0.3) is 0 Å². The molecule has 0 aliphatic rings. The Labute approximate surface area is 519 Å². The summed E-state index contributed by atoms with van der Waals surface area (Å²) >= 11 is 0. The molecule has 2 unspecified atom stereocenters. The van der Waals surface area contributed by atoms with Gasteiger partial charge >= 0.3 is 17.9 Å². The third kappa shape index (κ3) is 66.0. The minimum Gasteiger partial charge on any atom is -0.477 e. The van der Waals surface area contributed by atoms with Crippen molar-refractivity contribution in [3.8, 4) is 0 Å². The lowest BCUT2D eigenvalue weighted by Crippen LogP contribution is -2.40. The van der Waals surface area contributed by atoms with E-state index in [1.54, 1.807) is 0 Å². The third-order valence-electron chi connectivity index (χ3n) is 15.4. The third-order valence-corrected chi connectivity index (χ3v) is 15.4. The number of aliphatic carboxylic acids is 1. The van der Waals surface area contributed by atoms with Crippen molar-refractivity contribution in [1.29, 1.82) is 0 Å². The number of carbonyl (C=O) groups excluding carboxylic acids is 2. The number of carboxylic acids is 1. The minimum atomic E-state index is -1.51. The van der Waals surface area contributed by atoms with E-state index in [0.717, 1.165) is 77.0 Å². The van der Waals surface area contributed by atoms with E-state index in [0.29, 0.717) is 17.4 Å². The van der Waals surface area contributed by atoms with Crippen molar-refractivity contribution in [2.45, 2.75) is 328 Å². The van der Waals surface area contributed by atoms with Gasteiger partial charge in [-0.15, -0.1) is 0 Å². The number of hydrogen-bond acceptors (Lipinski definition) is 7. The van der Waals surface area contributed by atoms with Crippen molar-refractivity contribution in [1.82, 2.24) is 0 Å². The van der Waals surface area contributed by atoms with Crippen LogP contribution in [0.3, 0.4) is 0 Å². The van der Waals surface area contributed by atoms with Gasteiger partial charge in [0, 0.05) is 12.8 Å². The van der Waals surface area contributed by atoms with E-state index >= 15 is 0 Å². The highest BCUT2D eigenvalue weighted by Crippen LogP contribution is 2.18. The molecule has 0 saturated heterocycles. The van der Waals surface area contributed by atoms with Crippen LogP contribution < -0.4 is 0 Å². The van der Waals surface area contributed by atoms with E-state index < -0.39 is 24.3 Å². The molecule has 0 heterocycles. The van der Waals surface area contributed by atoms with Crippen LogP contribution >= 0.6 is 0 Å². The number of ether oxygens (including phenoxy) is 4. The summed E-state index contributed by atoms with van der Waals surface area (Å²) in [4.78, 5) is 37.5. The Hall–Kier alpha value is -3.53. The van der Waals surface area contributed by atoms with Crippen LogP contribution in [0.2, 0.25) is 0 Å². The molecule has 0 amide bonds. The topological polar surface area (TPSA) is 108 Å². The normalized spacial score (nSPS) is 13.2. The summed E-state index contributed by atoms with van der Waals surface area (Å²) in [7, 11) is 5.98. The number of carboxylic acid groups (broad SMARTS) is 1. The number of allylic oxidation sites excluding steroid dienone is 14. The fraction of sp³-hybridized carbons (Fsp3) is 0.773. The zero-order valence-electron chi connectivity index (χ0n) is 55.6. The number of rotatable bonds is 65. The highest BCUT2D eigenvalue weighted by molar-refractivity contribution is 5.71. The summed E-state index contributed by atoms with van der Waals surface area (Å²) in [6, 6.07) is 0. The van der Waals surface area contributed by atoms with Crippen molar-refractivity contribution in [2.24, 2.45) is 0 Å². The number of nitrogens with zero attached hydrogens (tertiary/aromatic N) is 1. The van der Waals surface area contributed by atoms with Gasteiger partial charge in [0.1, 0.15) is 13.2 Å². The van der Waals surface area contributed by atoms with Crippen LogP contribution in [0, 0.1) is 0 Å². The average molecular weight is 1180 g/mol. The first-order valence-corrected chi connectivity index (χ1v) is 35.3. The van der Waals surface area contributed by atoms with E-state index in [4.69, 9.17) is 18.9 Å². The van der Waals surface area contributed by atoms with Crippen molar-refractivity contribution in [2.75, 3.05) is 47.5 Å². The molecule has 0 fully saturated rings. The van der Waals surface area contributed by atoms with E-state index in [9.17, 15) is 19.5 Å². The van der Waals surface area contributed by atoms with Crippen molar-refractivity contribution in [3.63, 3.8) is 0 Å². The molecule has 9 nitrogen and oxygen atoms in total. The monoisotopic (exact) mass is 1180 g/mol. The Morgan fingerprint density at radius 3 is 1.02 bits per heavy atom. The SMILES string of the molecule is CC/C=C\C/C=C\C/C=C\C/C=C\C/C=C\C/C=C\CCCCCCCCCCCCCCCCCCCCCCCCC(=O)OC(COC(=O)CCCCCCCCC/C=C\CCCCCCCCC)COC(OCC[N+](C)(C)C)C(=O)O. The van der Waals surface area contributed by atoms with Crippen LogP contribution in [-0.4, -0.2) is 87.4 Å². The second kappa shape index (κ2) is 65.4. The summed E-state index contributed by atoms with van der Waals surface area (Å²) in [5.74, 6) is -1.99. The summed E-state index contributed by atoms with van der Waals surface area (Å²) in [6.45, 7) is 4.79. The molecule has 0 rings (SSSR count). The predicted octanol–water partition coefficient (Wildman–Crippen LogP) is 21.9. The Morgan fingerprint density at radius 1 is 0.369 bits per heavy atom. The quantitative estimate of drug-likeness (QED) is 0.0211. The van der Waals surface area contributed by atoms with E-state index in [1.165, 1.54) is 212 Å². The Bertz CT molecular complexity index is 1650. The molecule has 84 heavy (non-hydrogen) atoms. The molecular weight excluding hydrogens is 1040 g/mol. The first kappa shape index (κ1) is 80.5. The number of likely N-dealkylation sites (N-methyl/N-ethyl adjacent to an activating group) is 1. The molecule has 0 aliphatic heterocycles. The van der Waals surface area contributed by atoms with Gasteiger partial charge in [0.15, 0.2) is 6.10 Å². The fourth-order valence-electron chi connectivity index (χ4n) is 10.0. The molecule has 9 heteroatoms. The van der Waals surface area contributed by atoms with E-state index in [1.807, 2.05) is 21.1 Å². The van der Waals surface area contributed by atoms with Crippen LogP contribution in [0.15, 0.2) is 85.1 Å². The van der Waals surface area contributed by atoms with Gasteiger partial charge in [0.25, 0.3) is 6.29 Å². The Balaban J connectivity index is 3.98. The second-order valence-electron chi connectivity index (χ2n) is 24.8. The van der Waals surface area contributed by atoms with Crippen LogP contribution in [0.4, 0.5) is 0 Å². The second-order valence-corrected chi connectivity index (χ2v) is 24.8. The Kier molecular flexibility index (Phi) is 62.7. The molecule has 0 aromatic carbocycles. The maximum atomic E-state index is 12.9. The number of unbranched alkanes of at least 4 members (excludes halogenated alkanes) is 36. The number of quaternary nitrogens is 1. The molecule has 0 spiro atoms. The van der Waals surface area contributed by atoms with Gasteiger partial charge in [0.05, 0.1) is 34.4 Å².